The second-order valence-corrected chi connectivity index (χ2v) is 6.92. The number of carbonyl (C=O) groups excluding carboxylic acids is 1. The van der Waals surface area contributed by atoms with Crippen molar-refractivity contribution in [3.8, 4) is 0 Å². The van der Waals surface area contributed by atoms with Crippen molar-refractivity contribution < 1.29 is 22.7 Å². The molecule has 1 unspecified atom stereocenters. The van der Waals surface area contributed by atoms with Crippen LogP contribution in [0, 0.1) is 0 Å². The molecule has 2 N–H and O–H groups in total. The van der Waals surface area contributed by atoms with Gasteiger partial charge in [-0.15, -0.1) is 24.0 Å². The topological polar surface area (TPSA) is 78.8 Å². The molecule has 1 aliphatic rings. The molecule has 0 radical (unpaired) electrons. The van der Waals surface area contributed by atoms with Crippen LogP contribution in [0.4, 0.5) is 19.0 Å². The van der Waals surface area contributed by atoms with E-state index in [1.165, 1.54) is 0 Å². The van der Waals surface area contributed by atoms with Crippen molar-refractivity contribution in [2.75, 3.05) is 38.2 Å². The van der Waals surface area contributed by atoms with Gasteiger partial charge < -0.3 is 20.3 Å². The van der Waals surface area contributed by atoms with Gasteiger partial charge in [0, 0.05) is 45.3 Å². The van der Waals surface area contributed by atoms with E-state index in [0.717, 1.165) is 18.7 Å². The van der Waals surface area contributed by atoms with Crippen LogP contribution in [0.15, 0.2) is 17.3 Å². The summed E-state index contributed by atoms with van der Waals surface area (Å²) >= 11 is 6.03. The zero-order chi connectivity index (χ0) is 21.4. The summed E-state index contributed by atoms with van der Waals surface area (Å²) in [4.78, 5) is 21.2. The number of carbonyl (C=O) groups is 1. The third kappa shape index (κ3) is 7.97. The fraction of sp³-hybridized carbons (Fsp3) is 0.611. The van der Waals surface area contributed by atoms with Crippen molar-refractivity contribution in [2.45, 2.75) is 38.4 Å². The van der Waals surface area contributed by atoms with Crippen molar-refractivity contribution >= 4 is 53.3 Å². The van der Waals surface area contributed by atoms with Crippen molar-refractivity contribution in [1.29, 1.82) is 0 Å². The molecule has 0 bridgehead atoms. The zero-order valence-electron chi connectivity index (χ0n) is 16.8. The molecular weight excluding hydrogens is 538 g/mol. The number of aromatic nitrogens is 1. The number of aliphatic imine (C=N–C) groups is 1. The summed E-state index contributed by atoms with van der Waals surface area (Å²) in [6.07, 6.45) is -1.99. The lowest BCUT2D eigenvalue weighted by Gasteiger charge is -2.21. The average molecular weight is 564 g/mol. The summed E-state index contributed by atoms with van der Waals surface area (Å²) < 4.78 is 43.2. The van der Waals surface area contributed by atoms with Gasteiger partial charge in [0.25, 0.3) is 0 Å². The fourth-order valence-corrected chi connectivity index (χ4v) is 3.24. The predicted octanol–water partition coefficient (Wildman–Crippen LogP) is 3.46. The second kappa shape index (κ2) is 12.4. The van der Waals surface area contributed by atoms with E-state index in [4.69, 9.17) is 16.3 Å². The largest absolute Gasteiger partial charge is 0.466 e. The molecule has 1 fully saturated rings. The number of nitrogens with zero attached hydrogens (tertiary/aromatic N) is 3. The molecule has 2 heterocycles. The highest BCUT2D eigenvalue weighted by atomic mass is 127. The molecular formula is C18H26ClF3IN5O2. The molecule has 0 aliphatic carbocycles. The molecule has 1 aliphatic heterocycles. The molecule has 1 saturated heterocycles. The van der Waals surface area contributed by atoms with Crippen molar-refractivity contribution in [3.05, 3.63) is 22.8 Å². The first kappa shape index (κ1) is 26.5. The Kier molecular flexibility index (Phi) is 10.9. The van der Waals surface area contributed by atoms with E-state index >= 15 is 0 Å². The summed E-state index contributed by atoms with van der Waals surface area (Å²) in [6.45, 7) is 3.82. The zero-order valence-corrected chi connectivity index (χ0v) is 19.8. The minimum absolute atomic E-state index is 0. The van der Waals surface area contributed by atoms with Gasteiger partial charge in [0.2, 0.25) is 0 Å². The summed E-state index contributed by atoms with van der Waals surface area (Å²) in [6, 6.07) is 0.931. The SMILES string of the molecule is CCOC(=O)CCCNC(=NC)NC1CCN(c2ncc(C(F)(F)F)cc2Cl)C1.I. The molecule has 0 spiro atoms. The molecule has 2 rings (SSSR count). The third-order valence-corrected chi connectivity index (χ3v) is 4.63. The summed E-state index contributed by atoms with van der Waals surface area (Å²) in [5.41, 5.74) is -0.868. The van der Waals surface area contributed by atoms with Gasteiger partial charge in [-0.1, -0.05) is 11.6 Å². The minimum atomic E-state index is -4.48. The number of alkyl halides is 3. The molecule has 0 saturated carbocycles. The molecule has 0 amide bonds. The van der Waals surface area contributed by atoms with Crippen LogP contribution < -0.4 is 15.5 Å². The van der Waals surface area contributed by atoms with Gasteiger partial charge in [-0.3, -0.25) is 9.79 Å². The highest BCUT2D eigenvalue weighted by Gasteiger charge is 2.33. The number of hydrogen-bond acceptors (Lipinski definition) is 5. The molecule has 0 aromatic carbocycles. The second-order valence-electron chi connectivity index (χ2n) is 6.51. The Hall–Kier alpha value is -1.50. The molecule has 7 nitrogen and oxygen atoms in total. The van der Waals surface area contributed by atoms with Gasteiger partial charge in [-0.25, -0.2) is 4.98 Å². The number of guanidine groups is 1. The Balaban J connectivity index is 0.00000450. The van der Waals surface area contributed by atoms with Crippen LogP contribution in [0.5, 0.6) is 0 Å². The lowest BCUT2D eigenvalue weighted by molar-refractivity contribution is -0.143. The molecule has 30 heavy (non-hydrogen) atoms. The first-order valence-electron chi connectivity index (χ1n) is 9.35. The van der Waals surface area contributed by atoms with Gasteiger partial charge in [-0.2, -0.15) is 13.2 Å². The van der Waals surface area contributed by atoms with E-state index in [1.54, 1.807) is 14.0 Å². The first-order valence-corrected chi connectivity index (χ1v) is 9.72. The first-order chi connectivity index (χ1) is 13.7. The normalized spacial score (nSPS) is 16.8. The van der Waals surface area contributed by atoms with Crippen LogP contribution in [0.25, 0.3) is 0 Å². The fourth-order valence-electron chi connectivity index (χ4n) is 2.95. The molecule has 1 aromatic heterocycles. The Bertz CT molecular complexity index is 736. The summed E-state index contributed by atoms with van der Waals surface area (Å²) in [5.74, 6) is 0.693. The Morgan fingerprint density at radius 3 is 2.80 bits per heavy atom. The van der Waals surface area contributed by atoms with Crippen LogP contribution >= 0.6 is 35.6 Å². The van der Waals surface area contributed by atoms with Crippen molar-refractivity contribution in [3.63, 3.8) is 0 Å². The molecule has 12 heteroatoms. The number of halogens is 5. The molecule has 1 atom stereocenters. The number of nitrogens with one attached hydrogen (secondary N) is 2. The van der Waals surface area contributed by atoms with Crippen LogP contribution in [0.1, 0.15) is 31.7 Å². The van der Waals surface area contributed by atoms with E-state index in [-0.39, 0.29) is 41.0 Å². The van der Waals surface area contributed by atoms with E-state index < -0.39 is 11.7 Å². The number of ether oxygens (including phenoxy) is 1. The van der Waals surface area contributed by atoms with Crippen LogP contribution in [-0.2, 0) is 15.7 Å². The number of anilines is 1. The van der Waals surface area contributed by atoms with Gasteiger partial charge in [0.1, 0.15) is 5.82 Å². The van der Waals surface area contributed by atoms with Crippen LogP contribution in [-0.4, -0.2) is 56.2 Å². The van der Waals surface area contributed by atoms with Gasteiger partial charge >= 0.3 is 12.1 Å². The van der Waals surface area contributed by atoms with Crippen molar-refractivity contribution in [1.82, 2.24) is 15.6 Å². The Labute approximate surface area is 195 Å². The number of esters is 1. The summed E-state index contributed by atoms with van der Waals surface area (Å²) in [5, 5.41) is 6.37. The number of pyridine rings is 1. The smallest absolute Gasteiger partial charge is 0.417 e. The summed E-state index contributed by atoms with van der Waals surface area (Å²) in [7, 11) is 1.64. The predicted molar refractivity (Wildman–Crippen MR) is 121 cm³/mol. The maximum absolute atomic E-state index is 12.8. The van der Waals surface area contributed by atoms with Crippen LogP contribution in [0.3, 0.4) is 0 Å². The van der Waals surface area contributed by atoms with Gasteiger partial charge in [-0.05, 0) is 25.8 Å². The number of hydrogen-bond donors (Lipinski definition) is 2. The number of rotatable bonds is 7. The van der Waals surface area contributed by atoms with E-state index in [2.05, 4.69) is 20.6 Å². The van der Waals surface area contributed by atoms with E-state index in [1.807, 2.05) is 4.90 Å². The average Bonchev–Trinajstić information content (AvgIpc) is 3.11. The maximum Gasteiger partial charge on any atom is 0.417 e. The standard InChI is InChI=1S/C18H25ClF3N5O2.HI/c1-3-29-15(28)5-4-7-24-17(23-2)26-13-6-8-27(11-13)16-14(19)9-12(10-25-16)18(20,21)22;/h9-10,13H,3-8,11H2,1-2H3,(H2,23,24,26);1H. The van der Waals surface area contributed by atoms with Crippen molar-refractivity contribution in [2.24, 2.45) is 4.99 Å². The molecule has 170 valence electrons. The van der Waals surface area contributed by atoms with Gasteiger partial charge in [0.05, 0.1) is 17.2 Å². The maximum atomic E-state index is 12.8. The quantitative estimate of drug-likeness (QED) is 0.174. The molecule has 1 aromatic rings. The lowest BCUT2D eigenvalue weighted by Crippen LogP contribution is -2.45. The van der Waals surface area contributed by atoms with Crippen LogP contribution in [0.2, 0.25) is 5.02 Å². The van der Waals surface area contributed by atoms with E-state index in [9.17, 15) is 18.0 Å². The highest BCUT2D eigenvalue weighted by molar-refractivity contribution is 14.0. The van der Waals surface area contributed by atoms with Gasteiger partial charge in [0.15, 0.2) is 5.96 Å². The minimum Gasteiger partial charge on any atom is -0.466 e. The van der Waals surface area contributed by atoms with E-state index in [0.29, 0.717) is 50.9 Å². The Morgan fingerprint density at radius 1 is 1.47 bits per heavy atom. The highest BCUT2D eigenvalue weighted by Crippen LogP contribution is 2.34. The Morgan fingerprint density at radius 2 is 2.20 bits per heavy atom. The lowest BCUT2D eigenvalue weighted by atomic mass is 10.2. The monoisotopic (exact) mass is 563 g/mol. The third-order valence-electron chi connectivity index (χ3n) is 4.36.